The molecular weight excluding hydrogens is 344 g/mol. The third-order valence-corrected chi connectivity index (χ3v) is 6.11. The van der Waals surface area contributed by atoms with Crippen molar-refractivity contribution in [3.05, 3.63) is 46.4 Å². The van der Waals surface area contributed by atoms with E-state index in [0.717, 1.165) is 10.7 Å². The van der Waals surface area contributed by atoms with Crippen LogP contribution >= 0.6 is 22.9 Å². The van der Waals surface area contributed by atoms with Crippen molar-refractivity contribution in [3.8, 4) is 0 Å². The Morgan fingerprint density at radius 1 is 1.00 bits per heavy atom. The zero-order chi connectivity index (χ0) is 16.1. The van der Waals surface area contributed by atoms with Gasteiger partial charge in [-0.15, -0.1) is 11.3 Å². The average Bonchev–Trinajstić information content (AvgIpc) is 3.30. The van der Waals surface area contributed by atoms with Crippen LogP contribution in [0.5, 0.6) is 0 Å². The smallest absolute Gasteiger partial charge is 0.101 e. The molecule has 0 saturated heterocycles. The third-order valence-electron chi connectivity index (χ3n) is 5.33. The summed E-state index contributed by atoms with van der Waals surface area (Å²) in [6, 6.07) is 9.34. The van der Waals surface area contributed by atoms with Gasteiger partial charge in [0.25, 0.3) is 0 Å². The second-order valence-corrected chi connectivity index (χ2v) is 7.65. The second-order valence-electron chi connectivity index (χ2n) is 6.46. The first-order chi connectivity index (χ1) is 11.8. The molecule has 3 heterocycles. The van der Waals surface area contributed by atoms with E-state index >= 15 is 0 Å². The van der Waals surface area contributed by atoms with E-state index in [4.69, 9.17) is 11.6 Å². The first kappa shape index (κ1) is 14.5. The van der Waals surface area contributed by atoms with E-state index < -0.39 is 0 Å². The molecule has 2 aliphatic heterocycles. The predicted octanol–water partition coefficient (Wildman–Crippen LogP) is 4.26. The van der Waals surface area contributed by atoms with Crippen LogP contribution in [-0.4, -0.2) is 29.2 Å². The fourth-order valence-electron chi connectivity index (χ4n) is 4.33. The van der Waals surface area contributed by atoms with Gasteiger partial charge in [0.05, 0.1) is 17.2 Å². The Kier molecular flexibility index (Phi) is 3.38. The molecule has 1 aromatic heterocycles. The van der Waals surface area contributed by atoms with Gasteiger partial charge >= 0.3 is 0 Å². The summed E-state index contributed by atoms with van der Waals surface area (Å²) in [7, 11) is 0. The minimum atomic E-state index is 0.307. The largest absolute Gasteiger partial charge is 0.253 e. The fraction of sp³-hybridized carbons (Fsp3) is 0.438. The van der Waals surface area contributed by atoms with Crippen LogP contribution in [0.4, 0.5) is 5.69 Å². The molecule has 6 rings (SSSR count). The van der Waals surface area contributed by atoms with Crippen molar-refractivity contribution in [2.75, 3.05) is 5.01 Å². The summed E-state index contributed by atoms with van der Waals surface area (Å²) in [5.41, 5.74) is 2.86. The SMILES string of the molecule is Clc1ccc(N2N=NC3C4CC(C5N=NC45)C32)cc1.c1cscn1. The van der Waals surface area contributed by atoms with E-state index in [-0.39, 0.29) is 0 Å². The lowest BCUT2D eigenvalue weighted by Gasteiger charge is -2.38. The fourth-order valence-corrected chi connectivity index (χ4v) is 4.81. The van der Waals surface area contributed by atoms with Gasteiger partial charge in [0, 0.05) is 28.4 Å². The molecule has 6 unspecified atom stereocenters. The quantitative estimate of drug-likeness (QED) is 0.764. The van der Waals surface area contributed by atoms with Crippen molar-refractivity contribution in [3.63, 3.8) is 0 Å². The minimum Gasteiger partial charge on any atom is -0.253 e. The van der Waals surface area contributed by atoms with E-state index in [2.05, 4.69) is 30.6 Å². The summed E-state index contributed by atoms with van der Waals surface area (Å²) < 4.78 is 0. The first-order valence-corrected chi connectivity index (χ1v) is 9.33. The molecule has 2 fully saturated rings. The van der Waals surface area contributed by atoms with Gasteiger partial charge in [-0.3, -0.25) is 4.98 Å². The Morgan fingerprint density at radius 3 is 2.42 bits per heavy atom. The number of hydrogen-bond donors (Lipinski definition) is 0. The molecule has 2 saturated carbocycles. The van der Waals surface area contributed by atoms with Crippen molar-refractivity contribution in [2.24, 2.45) is 32.4 Å². The number of benzene rings is 1. The highest BCUT2D eigenvalue weighted by atomic mass is 35.5. The second kappa shape index (κ2) is 5.60. The summed E-state index contributed by atoms with van der Waals surface area (Å²) in [5, 5.41) is 22.2. The van der Waals surface area contributed by atoms with Crippen molar-refractivity contribution in [2.45, 2.75) is 30.6 Å². The number of rotatable bonds is 1. The van der Waals surface area contributed by atoms with Crippen LogP contribution in [0, 0.1) is 11.8 Å². The maximum atomic E-state index is 5.94. The number of fused-ring (bicyclic) bond motifs is 8. The van der Waals surface area contributed by atoms with Gasteiger partial charge in [-0.05, 0) is 30.7 Å². The number of hydrogen-bond acceptors (Lipinski definition) is 7. The molecule has 0 radical (unpaired) electrons. The number of anilines is 1. The maximum absolute atomic E-state index is 5.94. The van der Waals surface area contributed by atoms with Crippen LogP contribution in [0.2, 0.25) is 5.02 Å². The number of thiazole rings is 1. The molecule has 2 bridgehead atoms. The summed E-state index contributed by atoms with van der Waals surface area (Å²) in [6.07, 6.45) is 2.96. The predicted molar refractivity (Wildman–Crippen MR) is 92.5 cm³/mol. The van der Waals surface area contributed by atoms with Crippen LogP contribution in [-0.2, 0) is 0 Å². The van der Waals surface area contributed by atoms with Crippen molar-refractivity contribution >= 4 is 28.6 Å². The number of nitrogens with zero attached hydrogens (tertiary/aromatic N) is 6. The lowest BCUT2D eigenvalue weighted by atomic mass is 9.82. The van der Waals surface area contributed by atoms with Crippen molar-refractivity contribution in [1.29, 1.82) is 0 Å². The molecule has 122 valence electrons. The molecule has 8 heteroatoms. The monoisotopic (exact) mass is 358 g/mol. The summed E-state index contributed by atoms with van der Waals surface area (Å²) in [6.45, 7) is 0. The van der Waals surface area contributed by atoms with Crippen LogP contribution in [0.25, 0.3) is 0 Å². The third kappa shape index (κ3) is 2.11. The van der Waals surface area contributed by atoms with Gasteiger partial charge in [0.15, 0.2) is 0 Å². The molecule has 2 aliphatic carbocycles. The highest BCUT2D eigenvalue weighted by Crippen LogP contribution is 2.56. The number of aromatic nitrogens is 1. The van der Waals surface area contributed by atoms with Gasteiger partial charge in [0.2, 0.25) is 0 Å². The number of azo groups is 1. The summed E-state index contributed by atoms with van der Waals surface area (Å²) in [5.74, 6) is 1.11. The highest BCUT2D eigenvalue weighted by Gasteiger charge is 2.65. The molecule has 1 aromatic carbocycles. The zero-order valence-corrected chi connectivity index (χ0v) is 14.3. The van der Waals surface area contributed by atoms with Crippen LogP contribution < -0.4 is 5.01 Å². The molecular formula is C16H15ClN6S. The lowest BCUT2D eigenvalue weighted by Crippen LogP contribution is -2.52. The highest BCUT2D eigenvalue weighted by molar-refractivity contribution is 7.07. The van der Waals surface area contributed by atoms with Gasteiger partial charge in [-0.25, -0.2) is 5.01 Å². The Labute approximate surface area is 148 Å². The van der Waals surface area contributed by atoms with E-state index in [0.29, 0.717) is 36.0 Å². The van der Waals surface area contributed by atoms with E-state index in [1.54, 1.807) is 23.0 Å². The summed E-state index contributed by atoms with van der Waals surface area (Å²) in [4.78, 5) is 3.74. The Balaban J connectivity index is 0.000000227. The first-order valence-electron chi connectivity index (χ1n) is 8.00. The maximum Gasteiger partial charge on any atom is 0.101 e. The van der Waals surface area contributed by atoms with E-state index in [1.165, 1.54) is 6.42 Å². The van der Waals surface area contributed by atoms with Gasteiger partial charge in [0.1, 0.15) is 18.1 Å². The standard InChI is InChI=1S/C13H12ClN5.C3H3NS/c14-6-1-3-7(4-2-6)19-13-9-5-8(12(13)17-18-19)10-11(9)16-15-10;1-2-5-3-4-1/h1-4,8-13H,5H2;1-3H. The molecule has 0 spiro atoms. The molecule has 4 aliphatic rings. The van der Waals surface area contributed by atoms with Gasteiger partial charge < -0.3 is 0 Å². The number of halogens is 1. The molecule has 0 N–H and O–H groups in total. The topological polar surface area (TPSA) is 65.6 Å². The van der Waals surface area contributed by atoms with E-state index in [9.17, 15) is 0 Å². The Hall–Kier alpha value is -1.86. The van der Waals surface area contributed by atoms with Crippen molar-refractivity contribution < 1.29 is 0 Å². The minimum absolute atomic E-state index is 0.307. The molecule has 6 atom stereocenters. The molecule has 0 amide bonds. The lowest BCUT2D eigenvalue weighted by molar-refractivity contribution is 0.242. The van der Waals surface area contributed by atoms with Crippen LogP contribution in [0.15, 0.2) is 61.9 Å². The van der Waals surface area contributed by atoms with Crippen LogP contribution in [0.1, 0.15) is 6.42 Å². The van der Waals surface area contributed by atoms with Crippen LogP contribution in [0.3, 0.4) is 0 Å². The Morgan fingerprint density at radius 2 is 1.79 bits per heavy atom. The van der Waals surface area contributed by atoms with E-state index in [1.807, 2.05) is 29.6 Å². The van der Waals surface area contributed by atoms with Crippen molar-refractivity contribution in [1.82, 2.24) is 4.98 Å². The van der Waals surface area contributed by atoms with Gasteiger partial charge in [-0.1, -0.05) is 16.8 Å². The molecule has 24 heavy (non-hydrogen) atoms. The van der Waals surface area contributed by atoms with Gasteiger partial charge in [-0.2, -0.15) is 15.3 Å². The zero-order valence-electron chi connectivity index (χ0n) is 12.7. The molecule has 6 nitrogen and oxygen atoms in total. The molecule has 2 aromatic rings. The summed E-state index contributed by atoms with van der Waals surface area (Å²) >= 11 is 7.55. The average molecular weight is 359 g/mol. The normalized spacial score (nSPS) is 36.8. The Bertz CT molecular complexity index is 759.